The van der Waals surface area contributed by atoms with Crippen LogP contribution >= 0.6 is 0 Å². The van der Waals surface area contributed by atoms with Gasteiger partial charge in [-0.2, -0.15) is 0 Å². The van der Waals surface area contributed by atoms with Gasteiger partial charge in [-0.25, -0.2) is 4.39 Å². The van der Waals surface area contributed by atoms with E-state index in [-0.39, 0.29) is 36.6 Å². The molecule has 1 aliphatic heterocycles. The van der Waals surface area contributed by atoms with E-state index in [1.807, 2.05) is 13.0 Å². The lowest BCUT2D eigenvalue weighted by atomic mass is 10.0. The van der Waals surface area contributed by atoms with Gasteiger partial charge in [0.2, 0.25) is 11.8 Å². The van der Waals surface area contributed by atoms with Crippen LogP contribution in [0.1, 0.15) is 24.1 Å². The number of anilines is 1. The van der Waals surface area contributed by atoms with Gasteiger partial charge < -0.3 is 10.2 Å². The maximum Gasteiger partial charge on any atom is 0.240 e. The third kappa shape index (κ3) is 3.12. The first-order chi connectivity index (χ1) is 12.0. The predicted molar refractivity (Wildman–Crippen MR) is 91.6 cm³/mol. The molecule has 1 saturated carbocycles. The zero-order valence-corrected chi connectivity index (χ0v) is 13.9. The molecule has 1 fully saturated rings. The van der Waals surface area contributed by atoms with Gasteiger partial charge in [-0.05, 0) is 49.1 Å². The number of aromatic nitrogens is 1. The maximum absolute atomic E-state index is 13.3. The second kappa shape index (κ2) is 5.95. The average molecular weight is 339 g/mol. The lowest BCUT2D eigenvalue weighted by Crippen LogP contribution is -2.39. The van der Waals surface area contributed by atoms with Crippen LogP contribution < -0.4 is 10.2 Å². The van der Waals surface area contributed by atoms with E-state index in [1.54, 1.807) is 12.3 Å². The number of halogens is 1. The quantitative estimate of drug-likeness (QED) is 0.930. The molecule has 2 aliphatic rings. The molecule has 0 saturated heterocycles. The van der Waals surface area contributed by atoms with Crippen LogP contribution in [0.25, 0.3) is 11.1 Å². The highest BCUT2D eigenvalue weighted by molar-refractivity contribution is 6.05. The minimum atomic E-state index is -0.288. The highest BCUT2D eigenvalue weighted by Gasteiger charge is 2.32. The Hall–Kier alpha value is -2.76. The second-order valence-corrected chi connectivity index (χ2v) is 6.65. The number of rotatable bonds is 4. The summed E-state index contributed by atoms with van der Waals surface area (Å²) in [4.78, 5) is 30.2. The van der Waals surface area contributed by atoms with Gasteiger partial charge in [-0.1, -0.05) is 6.07 Å². The first kappa shape index (κ1) is 15.7. The van der Waals surface area contributed by atoms with Crippen LogP contribution in [0.2, 0.25) is 0 Å². The third-order valence-electron chi connectivity index (χ3n) is 4.60. The number of nitrogens with zero attached hydrogens (tertiary/aromatic N) is 2. The molecule has 1 aliphatic carbocycles. The summed E-state index contributed by atoms with van der Waals surface area (Å²) in [6, 6.07) is 6.69. The Morgan fingerprint density at radius 3 is 2.88 bits per heavy atom. The molecular formula is C19H18FN3O2. The van der Waals surface area contributed by atoms with Gasteiger partial charge in [0, 0.05) is 17.8 Å². The maximum atomic E-state index is 13.3. The topological polar surface area (TPSA) is 62.3 Å². The molecule has 2 aromatic rings. The number of fused-ring (bicyclic) bond motifs is 1. The van der Waals surface area contributed by atoms with E-state index in [9.17, 15) is 14.0 Å². The molecule has 1 aromatic heterocycles. The van der Waals surface area contributed by atoms with Crippen LogP contribution in [-0.2, 0) is 16.0 Å². The fraction of sp³-hybridized carbons (Fsp3) is 0.316. The second-order valence-electron chi connectivity index (χ2n) is 6.65. The molecule has 25 heavy (non-hydrogen) atoms. The smallest absolute Gasteiger partial charge is 0.240 e. The number of hydrogen-bond acceptors (Lipinski definition) is 3. The van der Waals surface area contributed by atoms with E-state index >= 15 is 0 Å². The van der Waals surface area contributed by atoms with Crippen LogP contribution in [0.15, 0.2) is 30.5 Å². The molecule has 2 amide bonds. The number of amides is 2. The Morgan fingerprint density at radius 1 is 1.36 bits per heavy atom. The van der Waals surface area contributed by atoms with Crippen molar-refractivity contribution in [2.75, 3.05) is 11.4 Å². The first-order valence-corrected chi connectivity index (χ1v) is 8.36. The number of aryl methyl sites for hydroxylation is 1. The van der Waals surface area contributed by atoms with E-state index in [4.69, 9.17) is 0 Å². The van der Waals surface area contributed by atoms with E-state index in [2.05, 4.69) is 10.3 Å². The summed E-state index contributed by atoms with van der Waals surface area (Å²) in [7, 11) is 0. The highest BCUT2D eigenvalue weighted by Crippen LogP contribution is 2.33. The first-order valence-electron chi connectivity index (χ1n) is 8.36. The molecule has 2 heterocycles. The summed E-state index contributed by atoms with van der Waals surface area (Å²) >= 11 is 0. The van der Waals surface area contributed by atoms with Crippen LogP contribution in [0.5, 0.6) is 0 Å². The lowest BCUT2D eigenvalue weighted by Gasteiger charge is -2.17. The van der Waals surface area contributed by atoms with Gasteiger partial charge in [0.25, 0.3) is 0 Å². The molecule has 0 unspecified atom stereocenters. The molecule has 1 aromatic carbocycles. The number of benzene rings is 1. The number of hydrogen-bond donors (Lipinski definition) is 1. The molecule has 1 N–H and O–H groups in total. The summed E-state index contributed by atoms with van der Waals surface area (Å²) in [6.07, 6.45) is 3.91. The van der Waals surface area contributed by atoms with E-state index in [1.165, 1.54) is 17.0 Å². The zero-order chi connectivity index (χ0) is 17.6. The van der Waals surface area contributed by atoms with Crippen molar-refractivity contribution in [3.8, 4) is 11.1 Å². The Bertz CT molecular complexity index is 877. The fourth-order valence-corrected chi connectivity index (χ4v) is 3.14. The number of pyridine rings is 1. The molecule has 0 bridgehead atoms. The van der Waals surface area contributed by atoms with Gasteiger partial charge in [-0.15, -0.1) is 0 Å². The van der Waals surface area contributed by atoms with Crippen LogP contribution in [-0.4, -0.2) is 29.4 Å². The van der Waals surface area contributed by atoms with E-state index in [0.717, 1.165) is 29.5 Å². The number of nitrogens with one attached hydrogen (secondary N) is 1. The summed E-state index contributed by atoms with van der Waals surface area (Å²) in [5.74, 6) is -0.558. The van der Waals surface area contributed by atoms with E-state index < -0.39 is 0 Å². The Balaban J connectivity index is 1.64. The molecule has 0 spiro atoms. The van der Waals surface area contributed by atoms with Gasteiger partial charge >= 0.3 is 0 Å². The zero-order valence-electron chi connectivity index (χ0n) is 13.9. The molecule has 6 heteroatoms. The largest absolute Gasteiger partial charge is 0.352 e. The van der Waals surface area contributed by atoms with Crippen LogP contribution in [0, 0.1) is 12.7 Å². The van der Waals surface area contributed by atoms with Crippen molar-refractivity contribution in [2.45, 2.75) is 32.2 Å². The summed E-state index contributed by atoms with van der Waals surface area (Å²) in [6.45, 7) is 1.84. The van der Waals surface area contributed by atoms with Gasteiger partial charge in [0.1, 0.15) is 12.4 Å². The van der Waals surface area contributed by atoms with Gasteiger partial charge in [-0.3, -0.25) is 14.6 Å². The Kier molecular flexibility index (Phi) is 3.75. The monoisotopic (exact) mass is 339 g/mol. The predicted octanol–water partition coefficient (Wildman–Crippen LogP) is 2.36. The molecule has 4 rings (SSSR count). The SMILES string of the molecule is Cc1cc(F)ccc1-c1cnc2c(c1)N(CC(=O)NC1CC1)C(=O)C2. The van der Waals surface area contributed by atoms with Gasteiger partial charge in [0.15, 0.2) is 0 Å². The normalized spacial score (nSPS) is 16.1. The van der Waals surface area contributed by atoms with Crippen molar-refractivity contribution in [3.05, 3.63) is 47.5 Å². The highest BCUT2D eigenvalue weighted by atomic mass is 19.1. The number of carbonyl (C=O) groups is 2. The molecule has 0 radical (unpaired) electrons. The minimum Gasteiger partial charge on any atom is -0.352 e. The van der Waals surface area contributed by atoms with Crippen molar-refractivity contribution >= 4 is 17.5 Å². The van der Waals surface area contributed by atoms with Crippen molar-refractivity contribution in [2.24, 2.45) is 0 Å². The average Bonchev–Trinajstić information content (AvgIpc) is 3.32. The van der Waals surface area contributed by atoms with Crippen molar-refractivity contribution in [3.63, 3.8) is 0 Å². The summed E-state index contributed by atoms with van der Waals surface area (Å²) < 4.78 is 13.3. The Labute approximate surface area is 144 Å². The van der Waals surface area contributed by atoms with Crippen LogP contribution in [0.4, 0.5) is 10.1 Å². The summed E-state index contributed by atoms with van der Waals surface area (Å²) in [5, 5.41) is 2.90. The summed E-state index contributed by atoms with van der Waals surface area (Å²) in [5.41, 5.74) is 3.80. The minimum absolute atomic E-state index is 0.00979. The molecular weight excluding hydrogens is 321 g/mol. The van der Waals surface area contributed by atoms with Gasteiger partial charge in [0.05, 0.1) is 17.8 Å². The molecule has 128 valence electrons. The standard InChI is InChI=1S/C19H18FN3O2/c1-11-6-13(20)2-5-15(11)12-7-17-16(21-9-12)8-19(25)23(17)10-18(24)22-14-3-4-14/h2,5-7,9,14H,3-4,8,10H2,1H3,(H,22,24). The van der Waals surface area contributed by atoms with E-state index in [0.29, 0.717) is 11.4 Å². The third-order valence-corrected chi connectivity index (χ3v) is 4.60. The van der Waals surface area contributed by atoms with Crippen molar-refractivity contribution in [1.82, 2.24) is 10.3 Å². The lowest BCUT2D eigenvalue weighted by molar-refractivity contribution is -0.123. The molecule has 5 nitrogen and oxygen atoms in total. The van der Waals surface area contributed by atoms with Crippen LogP contribution in [0.3, 0.4) is 0 Å². The number of carbonyl (C=O) groups excluding carboxylic acids is 2. The molecule has 0 atom stereocenters. The Morgan fingerprint density at radius 2 is 2.16 bits per heavy atom. The van der Waals surface area contributed by atoms with Crippen molar-refractivity contribution in [1.29, 1.82) is 0 Å². The fourth-order valence-electron chi connectivity index (χ4n) is 3.14. The van der Waals surface area contributed by atoms with Crippen molar-refractivity contribution < 1.29 is 14.0 Å².